The molecule has 146 valence electrons. The Morgan fingerprint density at radius 3 is 2.54 bits per heavy atom. The molecule has 1 aromatic heterocycles. The summed E-state index contributed by atoms with van der Waals surface area (Å²) in [4.78, 5) is 13.0. The highest BCUT2D eigenvalue weighted by molar-refractivity contribution is 5.95. The first kappa shape index (κ1) is 19.2. The zero-order valence-corrected chi connectivity index (χ0v) is 15.8. The molecule has 0 saturated heterocycles. The minimum absolute atomic E-state index is 0.271. The van der Waals surface area contributed by atoms with Crippen LogP contribution in [0.3, 0.4) is 0 Å². The molecule has 0 radical (unpaired) electrons. The molecule has 1 amide bonds. The number of ether oxygens (including phenoxy) is 3. The number of aromatic amines is 1. The van der Waals surface area contributed by atoms with Crippen LogP contribution in [0.5, 0.6) is 17.2 Å². The van der Waals surface area contributed by atoms with Crippen molar-refractivity contribution in [2.24, 2.45) is 0 Å². The molecule has 0 saturated carbocycles. The second-order valence-electron chi connectivity index (χ2n) is 5.93. The molecule has 9 heteroatoms. The number of H-pyrrole nitrogens is 1. The molecule has 0 aliphatic heterocycles. The smallest absolute Gasteiger partial charge is 0.235 e. The van der Waals surface area contributed by atoms with E-state index in [-0.39, 0.29) is 5.91 Å². The fraction of sp³-hybridized carbons (Fsp3) is 0.263. The maximum absolute atomic E-state index is 13.0. The molecular formula is C19H21N5O4. The Bertz CT molecular complexity index is 930. The normalized spacial score (nSPS) is 11.5. The van der Waals surface area contributed by atoms with Crippen LogP contribution in [0.25, 0.3) is 0 Å². The molecule has 1 atom stereocenters. The average Bonchev–Trinajstić information content (AvgIpc) is 3.26. The SMILES string of the molecule is COc1cccc(NC(=O)C(Cc2ccc(OC)cc2OC)c2nn[nH]n2)c1. The van der Waals surface area contributed by atoms with Gasteiger partial charge in [0.1, 0.15) is 23.2 Å². The maximum Gasteiger partial charge on any atom is 0.235 e. The molecule has 0 aliphatic rings. The van der Waals surface area contributed by atoms with Crippen LogP contribution in [0, 0.1) is 0 Å². The summed E-state index contributed by atoms with van der Waals surface area (Å²) in [5.74, 6) is 1.27. The van der Waals surface area contributed by atoms with E-state index in [1.165, 1.54) is 0 Å². The minimum atomic E-state index is -0.674. The van der Waals surface area contributed by atoms with Gasteiger partial charge in [0.25, 0.3) is 0 Å². The molecule has 0 fully saturated rings. The number of amides is 1. The van der Waals surface area contributed by atoms with E-state index in [1.807, 2.05) is 12.1 Å². The summed E-state index contributed by atoms with van der Waals surface area (Å²) in [5, 5.41) is 16.9. The van der Waals surface area contributed by atoms with Crippen molar-refractivity contribution in [3.05, 3.63) is 53.9 Å². The summed E-state index contributed by atoms with van der Waals surface area (Å²) in [7, 11) is 4.72. The summed E-state index contributed by atoms with van der Waals surface area (Å²) in [5.41, 5.74) is 1.43. The van der Waals surface area contributed by atoms with E-state index in [9.17, 15) is 4.79 Å². The molecule has 0 aliphatic carbocycles. The van der Waals surface area contributed by atoms with E-state index in [0.717, 1.165) is 5.56 Å². The van der Waals surface area contributed by atoms with Gasteiger partial charge in [0.05, 0.1) is 21.3 Å². The summed E-state index contributed by atoms with van der Waals surface area (Å²) in [6.07, 6.45) is 0.322. The number of rotatable bonds is 8. The molecule has 9 nitrogen and oxygen atoms in total. The molecular weight excluding hydrogens is 362 g/mol. The molecule has 2 aromatic carbocycles. The third-order valence-electron chi connectivity index (χ3n) is 4.25. The lowest BCUT2D eigenvalue weighted by Crippen LogP contribution is -2.24. The van der Waals surface area contributed by atoms with Crippen molar-refractivity contribution < 1.29 is 19.0 Å². The zero-order chi connectivity index (χ0) is 19.9. The van der Waals surface area contributed by atoms with Gasteiger partial charge in [-0.15, -0.1) is 10.2 Å². The predicted octanol–water partition coefficient (Wildman–Crippen LogP) is 2.19. The van der Waals surface area contributed by atoms with E-state index < -0.39 is 5.92 Å². The number of benzene rings is 2. The van der Waals surface area contributed by atoms with Crippen LogP contribution in [0.1, 0.15) is 17.3 Å². The van der Waals surface area contributed by atoms with Crippen molar-refractivity contribution in [1.29, 1.82) is 0 Å². The van der Waals surface area contributed by atoms with Gasteiger partial charge >= 0.3 is 0 Å². The van der Waals surface area contributed by atoms with Crippen molar-refractivity contribution in [2.45, 2.75) is 12.3 Å². The fourth-order valence-electron chi connectivity index (χ4n) is 2.79. The number of hydrogen-bond donors (Lipinski definition) is 2. The topological polar surface area (TPSA) is 111 Å². The van der Waals surface area contributed by atoms with Gasteiger partial charge < -0.3 is 19.5 Å². The first-order chi connectivity index (χ1) is 13.6. The Kier molecular flexibility index (Phi) is 6.05. The molecule has 0 spiro atoms. The van der Waals surface area contributed by atoms with Crippen LogP contribution in [-0.4, -0.2) is 47.9 Å². The Labute approximate surface area is 162 Å². The Balaban J connectivity index is 1.87. The lowest BCUT2D eigenvalue weighted by atomic mass is 9.96. The number of nitrogens with zero attached hydrogens (tertiary/aromatic N) is 3. The summed E-state index contributed by atoms with van der Waals surface area (Å²) >= 11 is 0. The first-order valence-electron chi connectivity index (χ1n) is 8.53. The lowest BCUT2D eigenvalue weighted by Gasteiger charge is -2.16. The number of tetrazole rings is 1. The summed E-state index contributed by atoms with van der Waals surface area (Å²) in [6, 6.07) is 12.5. The first-order valence-corrected chi connectivity index (χ1v) is 8.53. The van der Waals surface area contributed by atoms with E-state index in [0.29, 0.717) is 35.2 Å². The number of carbonyl (C=O) groups is 1. The highest BCUT2D eigenvalue weighted by Crippen LogP contribution is 2.29. The lowest BCUT2D eigenvalue weighted by molar-refractivity contribution is -0.117. The third-order valence-corrected chi connectivity index (χ3v) is 4.25. The summed E-state index contributed by atoms with van der Waals surface area (Å²) < 4.78 is 15.9. The largest absolute Gasteiger partial charge is 0.497 e. The van der Waals surface area contributed by atoms with Crippen LogP contribution < -0.4 is 19.5 Å². The number of hydrogen-bond acceptors (Lipinski definition) is 7. The standard InChI is InChI=1S/C19H21N5O4/c1-26-14-6-4-5-13(10-14)20-19(25)16(18-21-23-24-22-18)9-12-7-8-15(27-2)11-17(12)28-3/h4-8,10-11,16H,9H2,1-3H3,(H,20,25)(H,21,22,23,24). The van der Waals surface area contributed by atoms with Gasteiger partial charge in [-0.2, -0.15) is 5.21 Å². The molecule has 2 N–H and O–H groups in total. The number of carbonyl (C=O) groups excluding carboxylic acids is 1. The number of nitrogens with one attached hydrogen (secondary N) is 2. The molecule has 28 heavy (non-hydrogen) atoms. The molecule has 1 heterocycles. The third kappa shape index (κ3) is 4.37. The van der Waals surface area contributed by atoms with Crippen molar-refractivity contribution in [3.63, 3.8) is 0 Å². The van der Waals surface area contributed by atoms with Crippen LogP contribution in [0.2, 0.25) is 0 Å². The fourth-order valence-corrected chi connectivity index (χ4v) is 2.79. The average molecular weight is 383 g/mol. The van der Waals surface area contributed by atoms with Gasteiger partial charge in [0.2, 0.25) is 5.91 Å². The van der Waals surface area contributed by atoms with Crippen LogP contribution >= 0.6 is 0 Å². The second kappa shape index (κ2) is 8.85. The van der Waals surface area contributed by atoms with Gasteiger partial charge in [-0.05, 0) is 30.2 Å². The highest BCUT2D eigenvalue weighted by atomic mass is 16.5. The van der Waals surface area contributed by atoms with Crippen molar-refractivity contribution in [3.8, 4) is 17.2 Å². The van der Waals surface area contributed by atoms with E-state index in [4.69, 9.17) is 14.2 Å². The number of anilines is 1. The van der Waals surface area contributed by atoms with Crippen LogP contribution in [-0.2, 0) is 11.2 Å². The molecule has 1 unspecified atom stereocenters. The molecule has 3 aromatic rings. The van der Waals surface area contributed by atoms with Crippen LogP contribution in [0.15, 0.2) is 42.5 Å². The van der Waals surface area contributed by atoms with Gasteiger partial charge in [0, 0.05) is 17.8 Å². The van der Waals surface area contributed by atoms with Gasteiger partial charge in [-0.3, -0.25) is 4.79 Å². The zero-order valence-electron chi connectivity index (χ0n) is 15.8. The summed E-state index contributed by atoms with van der Waals surface area (Å²) in [6.45, 7) is 0. The number of methoxy groups -OCH3 is 3. The van der Waals surface area contributed by atoms with E-state index in [1.54, 1.807) is 51.7 Å². The van der Waals surface area contributed by atoms with E-state index in [2.05, 4.69) is 25.9 Å². The second-order valence-corrected chi connectivity index (χ2v) is 5.93. The number of aromatic nitrogens is 4. The predicted molar refractivity (Wildman–Crippen MR) is 102 cm³/mol. The Hall–Kier alpha value is -3.62. The van der Waals surface area contributed by atoms with Crippen molar-refractivity contribution in [2.75, 3.05) is 26.6 Å². The van der Waals surface area contributed by atoms with Crippen LogP contribution in [0.4, 0.5) is 5.69 Å². The molecule has 0 bridgehead atoms. The van der Waals surface area contributed by atoms with Crippen molar-refractivity contribution in [1.82, 2.24) is 20.6 Å². The highest BCUT2D eigenvalue weighted by Gasteiger charge is 2.27. The quantitative estimate of drug-likeness (QED) is 0.613. The minimum Gasteiger partial charge on any atom is -0.497 e. The Morgan fingerprint density at radius 1 is 1.07 bits per heavy atom. The Morgan fingerprint density at radius 2 is 1.86 bits per heavy atom. The van der Waals surface area contributed by atoms with Gasteiger partial charge in [-0.25, -0.2) is 0 Å². The van der Waals surface area contributed by atoms with Crippen molar-refractivity contribution >= 4 is 11.6 Å². The van der Waals surface area contributed by atoms with Gasteiger partial charge in [0.15, 0.2) is 5.82 Å². The van der Waals surface area contributed by atoms with Gasteiger partial charge in [-0.1, -0.05) is 17.3 Å². The molecule has 3 rings (SSSR count). The maximum atomic E-state index is 13.0. The monoisotopic (exact) mass is 383 g/mol. The van der Waals surface area contributed by atoms with E-state index >= 15 is 0 Å².